The van der Waals surface area contributed by atoms with Crippen LogP contribution in [-0.4, -0.2) is 12.0 Å². The van der Waals surface area contributed by atoms with Gasteiger partial charge in [0.25, 0.3) is 5.91 Å². The first-order valence-electron chi connectivity index (χ1n) is 10.2. The van der Waals surface area contributed by atoms with Crippen LogP contribution in [0.4, 0.5) is 0 Å². The third-order valence-corrected chi connectivity index (χ3v) is 5.42. The molecule has 1 heterocycles. The van der Waals surface area contributed by atoms with E-state index in [9.17, 15) is 9.59 Å². The standard InChI is InChI=1S/C26H22ClNO4/c1-16-24(19-6-4-3-5-7-19)25(29)22-13-12-21(14-23(22)32-16)31-17(2)26(30)28-15-18-8-10-20(27)11-9-18/h3-14,17H,15H2,1-2H3,(H,28,30). The van der Waals surface area contributed by atoms with Crippen LogP contribution in [0, 0.1) is 6.92 Å². The molecule has 32 heavy (non-hydrogen) atoms. The van der Waals surface area contributed by atoms with Crippen LogP contribution in [0.5, 0.6) is 5.75 Å². The van der Waals surface area contributed by atoms with Gasteiger partial charge in [0.15, 0.2) is 6.10 Å². The van der Waals surface area contributed by atoms with Crippen LogP contribution in [0.15, 0.2) is 82.0 Å². The molecule has 0 fully saturated rings. The van der Waals surface area contributed by atoms with Crippen molar-refractivity contribution in [3.8, 4) is 16.9 Å². The predicted molar refractivity (Wildman–Crippen MR) is 126 cm³/mol. The van der Waals surface area contributed by atoms with Gasteiger partial charge >= 0.3 is 0 Å². The Morgan fingerprint density at radius 2 is 1.78 bits per heavy atom. The Kier molecular flexibility index (Phi) is 6.28. The van der Waals surface area contributed by atoms with Crippen molar-refractivity contribution in [2.75, 3.05) is 0 Å². The Hall–Kier alpha value is -3.57. The summed E-state index contributed by atoms with van der Waals surface area (Å²) in [6, 6.07) is 21.7. The van der Waals surface area contributed by atoms with E-state index in [1.807, 2.05) is 42.5 Å². The minimum Gasteiger partial charge on any atom is -0.481 e. The SMILES string of the molecule is Cc1oc2cc(OC(C)C(=O)NCc3ccc(Cl)cc3)ccc2c(=O)c1-c1ccccc1. The lowest BCUT2D eigenvalue weighted by atomic mass is 10.0. The molecule has 0 saturated heterocycles. The molecule has 1 aromatic heterocycles. The van der Waals surface area contributed by atoms with Crippen molar-refractivity contribution in [2.45, 2.75) is 26.5 Å². The van der Waals surface area contributed by atoms with Gasteiger partial charge in [-0.3, -0.25) is 9.59 Å². The van der Waals surface area contributed by atoms with Gasteiger partial charge in [-0.05, 0) is 49.2 Å². The van der Waals surface area contributed by atoms with Crippen LogP contribution in [0.2, 0.25) is 5.02 Å². The van der Waals surface area contributed by atoms with Crippen molar-refractivity contribution >= 4 is 28.5 Å². The number of carbonyl (C=O) groups is 1. The highest BCUT2D eigenvalue weighted by Crippen LogP contribution is 2.26. The normalized spacial score (nSPS) is 11.8. The molecule has 0 aliphatic heterocycles. The van der Waals surface area contributed by atoms with Crippen molar-refractivity contribution in [3.63, 3.8) is 0 Å². The minimum atomic E-state index is -0.726. The van der Waals surface area contributed by atoms with E-state index < -0.39 is 6.10 Å². The smallest absolute Gasteiger partial charge is 0.261 e. The van der Waals surface area contributed by atoms with E-state index in [0.717, 1.165) is 11.1 Å². The molecule has 3 aromatic carbocycles. The number of hydrogen-bond donors (Lipinski definition) is 1. The first kappa shape index (κ1) is 21.7. The van der Waals surface area contributed by atoms with Gasteiger partial charge in [-0.25, -0.2) is 0 Å². The summed E-state index contributed by atoms with van der Waals surface area (Å²) < 4.78 is 11.7. The van der Waals surface area contributed by atoms with E-state index in [0.29, 0.717) is 39.6 Å². The van der Waals surface area contributed by atoms with Gasteiger partial charge < -0.3 is 14.5 Å². The van der Waals surface area contributed by atoms with Crippen LogP contribution in [0.1, 0.15) is 18.2 Å². The summed E-state index contributed by atoms with van der Waals surface area (Å²) in [5, 5.41) is 3.94. The maximum Gasteiger partial charge on any atom is 0.261 e. The zero-order valence-corrected chi connectivity index (χ0v) is 18.5. The highest BCUT2D eigenvalue weighted by Gasteiger charge is 2.17. The molecule has 6 heteroatoms. The van der Waals surface area contributed by atoms with E-state index in [1.165, 1.54) is 0 Å². The molecule has 1 unspecified atom stereocenters. The number of amides is 1. The molecule has 0 aliphatic carbocycles. The highest BCUT2D eigenvalue weighted by molar-refractivity contribution is 6.30. The van der Waals surface area contributed by atoms with Crippen molar-refractivity contribution in [2.24, 2.45) is 0 Å². The summed E-state index contributed by atoms with van der Waals surface area (Å²) in [5.74, 6) is 0.721. The third-order valence-electron chi connectivity index (χ3n) is 5.16. The molecule has 0 saturated carbocycles. The summed E-state index contributed by atoms with van der Waals surface area (Å²) in [6.45, 7) is 3.81. The quantitative estimate of drug-likeness (QED) is 0.423. The highest BCUT2D eigenvalue weighted by atomic mass is 35.5. The average Bonchev–Trinajstić information content (AvgIpc) is 2.79. The number of aryl methyl sites for hydroxylation is 1. The molecular weight excluding hydrogens is 426 g/mol. The fourth-order valence-electron chi connectivity index (χ4n) is 3.49. The van der Waals surface area contributed by atoms with Crippen LogP contribution in [-0.2, 0) is 11.3 Å². The van der Waals surface area contributed by atoms with Gasteiger partial charge in [-0.15, -0.1) is 0 Å². The maximum absolute atomic E-state index is 13.1. The van der Waals surface area contributed by atoms with Crippen LogP contribution >= 0.6 is 11.6 Å². The fraction of sp³-hybridized carbons (Fsp3) is 0.154. The van der Waals surface area contributed by atoms with Crippen molar-refractivity contribution in [1.29, 1.82) is 0 Å². The lowest BCUT2D eigenvalue weighted by molar-refractivity contribution is -0.127. The van der Waals surface area contributed by atoms with Crippen LogP contribution in [0.3, 0.4) is 0 Å². The number of hydrogen-bond acceptors (Lipinski definition) is 4. The Balaban J connectivity index is 1.50. The van der Waals surface area contributed by atoms with E-state index in [1.54, 1.807) is 44.2 Å². The zero-order valence-electron chi connectivity index (χ0n) is 17.7. The second-order valence-corrected chi connectivity index (χ2v) is 7.93. The zero-order chi connectivity index (χ0) is 22.7. The number of carbonyl (C=O) groups excluding carboxylic acids is 1. The molecule has 0 aliphatic rings. The Bertz CT molecular complexity index is 1310. The topological polar surface area (TPSA) is 68.5 Å². The average molecular weight is 448 g/mol. The van der Waals surface area contributed by atoms with E-state index >= 15 is 0 Å². The van der Waals surface area contributed by atoms with E-state index in [2.05, 4.69) is 5.32 Å². The van der Waals surface area contributed by atoms with Gasteiger partial charge in [0.1, 0.15) is 17.1 Å². The summed E-state index contributed by atoms with van der Waals surface area (Å²) in [4.78, 5) is 25.5. The predicted octanol–water partition coefficient (Wildman–Crippen LogP) is 5.51. The first-order valence-corrected chi connectivity index (χ1v) is 10.6. The first-order chi connectivity index (χ1) is 15.4. The molecular formula is C26H22ClNO4. The lowest BCUT2D eigenvalue weighted by Gasteiger charge is -2.15. The van der Waals surface area contributed by atoms with Crippen molar-refractivity contribution < 1.29 is 13.9 Å². The van der Waals surface area contributed by atoms with Gasteiger partial charge in [0.2, 0.25) is 5.43 Å². The largest absolute Gasteiger partial charge is 0.481 e. The van der Waals surface area contributed by atoms with Crippen molar-refractivity contribution in [3.05, 3.63) is 99.4 Å². The summed E-state index contributed by atoms with van der Waals surface area (Å²) in [5.41, 5.74) is 2.61. The molecule has 4 rings (SSSR count). The monoisotopic (exact) mass is 447 g/mol. The number of fused-ring (bicyclic) bond motifs is 1. The number of rotatable bonds is 6. The van der Waals surface area contributed by atoms with Crippen molar-refractivity contribution in [1.82, 2.24) is 5.32 Å². The number of halogens is 1. The lowest BCUT2D eigenvalue weighted by Crippen LogP contribution is -2.35. The summed E-state index contributed by atoms with van der Waals surface area (Å²) >= 11 is 5.88. The van der Waals surface area contributed by atoms with Gasteiger partial charge in [-0.1, -0.05) is 54.1 Å². The second kappa shape index (κ2) is 9.28. The second-order valence-electron chi connectivity index (χ2n) is 7.49. The number of ether oxygens (including phenoxy) is 1. The molecule has 0 spiro atoms. The molecule has 1 N–H and O–H groups in total. The van der Waals surface area contributed by atoms with Crippen LogP contribution in [0.25, 0.3) is 22.1 Å². The minimum absolute atomic E-state index is 0.102. The summed E-state index contributed by atoms with van der Waals surface area (Å²) in [6.07, 6.45) is -0.726. The Morgan fingerprint density at radius 1 is 1.06 bits per heavy atom. The third kappa shape index (κ3) is 4.68. The Labute approximate surface area is 190 Å². The molecule has 0 radical (unpaired) electrons. The molecule has 1 atom stereocenters. The number of benzene rings is 3. The fourth-order valence-corrected chi connectivity index (χ4v) is 3.62. The molecule has 5 nitrogen and oxygen atoms in total. The van der Waals surface area contributed by atoms with Gasteiger partial charge in [-0.2, -0.15) is 0 Å². The Morgan fingerprint density at radius 3 is 2.50 bits per heavy atom. The molecule has 1 amide bonds. The van der Waals surface area contributed by atoms with Crippen LogP contribution < -0.4 is 15.5 Å². The molecule has 162 valence electrons. The van der Waals surface area contributed by atoms with Gasteiger partial charge in [0.05, 0.1) is 10.9 Å². The molecule has 4 aromatic rings. The van der Waals surface area contributed by atoms with E-state index in [-0.39, 0.29) is 11.3 Å². The van der Waals surface area contributed by atoms with E-state index in [4.69, 9.17) is 20.8 Å². The molecule has 0 bridgehead atoms. The summed E-state index contributed by atoms with van der Waals surface area (Å²) in [7, 11) is 0. The maximum atomic E-state index is 13.1. The van der Waals surface area contributed by atoms with Gasteiger partial charge in [0, 0.05) is 17.6 Å². The number of nitrogens with one attached hydrogen (secondary N) is 1.